The van der Waals surface area contributed by atoms with Gasteiger partial charge in [0.15, 0.2) is 0 Å². The maximum atomic E-state index is 11.8. The van der Waals surface area contributed by atoms with Crippen LogP contribution in [0.25, 0.3) is 11.1 Å². The van der Waals surface area contributed by atoms with Crippen molar-refractivity contribution in [3.63, 3.8) is 0 Å². The molecule has 1 heterocycles. The van der Waals surface area contributed by atoms with E-state index in [0.29, 0.717) is 5.69 Å². The van der Waals surface area contributed by atoms with Crippen LogP contribution in [0.15, 0.2) is 30.5 Å². The van der Waals surface area contributed by atoms with E-state index in [9.17, 15) is 4.79 Å². The topological polar surface area (TPSA) is 43.3 Å². The zero-order chi connectivity index (χ0) is 15.6. The second-order valence-electron chi connectivity index (χ2n) is 5.51. The first-order valence-corrected chi connectivity index (χ1v) is 7.08. The Morgan fingerprint density at radius 3 is 2.52 bits per heavy atom. The first-order chi connectivity index (χ1) is 9.90. The second-order valence-corrected chi connectivity index (χ2v) is 5.51. The van der Waals surface area contributed by atoms with E-state index in [1.54, 1.807) is 7.05 Å². The van der Waals surface area contributed by atoms with Crippen LogP contribution in [0.3, 0.4) is 0 Å². The summed E-state index contributed by atoms with van der Waals surface area (Å²) in [7, 11) is 3.51. The highest BCUT2D eigenvalue weighted by Crippen LogP contribution is 2.28. The van der Waals surface area contributed by atoms with Crippen molar-refractivity contribution in [1.82, 2.24) is 9.88 Å². The fourth-order valence-corrected chi connectivity index (χ4v) is 2.33. The molecule has 0 atom stereocenters. The highest BCUT2D eigenvalue weighted by atomic mass is 16.5. The van der Waals surface area contributed by atoms with E-state index in [4.69, 9.17) is 4.74 Å². The van der Waals surface area contributed by atoms with E-state index >= 15 is 0 Å². The lowest BCUT2D eigenvalue weighted by Gasteiger charge is -2.12. The van der Waals surface area contributed by atoms with Crippen LogP contribution in [0.1, 0.15) is 29.9 Å². The van der Waals surface area contributed by atoms with Crippen molar-refractivity contribution in [3.05, 3.63) is 41.7 Å². The molecular weight excluding hydrogens is 264 g/mol. The van der Waals surface area contributed by atoms with Crippen LogP contribution in [0.4, 0.5) is 0 Å². The lowest BCUT2D eigenvalue weighted by Crippen LogP contribution is -2.20. The molecule has 0 saturated carbocycles. The molecule has 0 aliphatic carbocycles. The van der Waals surface area contributed by atoms with Gasteiger partial charge in [-0.15, -0.1) is 0 Å². The van der Waals surface area contributed by atoms with Gasteiger partial charge in [0.05, 0.1) is 6.10 Å². The summed E-state index contributed by atoms with van der Waals surface area (Å²) in [6.07, 6.45) is 2.09. The van der Waals surface area contributed by atoms with Gasteiger partial charge >= 0.3 is 0 Å². The average molecular weight is 286 g/mol. The summed E-state index contributed by atoms with van der Waals surface area (Å²) in [5.74, 6) is 0.764. The molecule has 1 aromatic carbocycles. The summed E-state index contributed by atoms with van der Waals surface area (Å²) >= 11 is 0. The van der Waals surface area contributed by atoms with E-state index in [2.05, 4.69) is 11.4 Å². The van der Waals surface area contributed by atoms with E-state index < -0.39 is 0 Å². The molecule has 2 rings (SSSR count). The van der Waals surface area contributed by atoms with Gasteiger partial charge in [-0.1, -0.05) is 6.07 Å². The number of amides is 1. The molecule has 1 N–H and O–H groups in total. The van der Waals surface area contributed by atoms with Crippen LogP contribution in [0.5, 0.6) is 5.75 Å². The van der Waals surface area contributed by atoms with Crippen molar-refractivity contribution in [3.8, 4) is 16.9 Å². The van der Waals surface area contributed by atoms with Gasteiger partial charge in [-0.25, -0.2) is 0 Å². The molecule has 0 unspecified atom stereocenters. The maximum Gasteiger partial charge on any atom is 0.267 e. The van der Waals surface area contributed by atoms with Crippen molar-refractivity contribution < 1.29 is 9.53 Å². The van der Waals surface area contributed by atoms with Crippen LogP contribution < -0.4 is 10.1 Å². The largest absolute Gasteiger partial charge is 0.491 e. The smallest absolute Gasteiger partial charge is 0.267 e. The van der Waals surface area contributed by atoms with Crippen LogP contribution in [0.2, 0.25) is 0 Å². The average Bonchev–Trinajstić information content (AvgIpc) is 2.78. The first kappa shape index (κ1) is 15.2. The van der Waals surface area contributed by atoms with Gasteiger partial charge in [0, 0.05) is 25.9 Å². The Hall–Kier alpha value is -2.23. The number of carbonyl (C=O) groups is 1. The highest BCUT2D eigenvalue weighted by Gasteiger charge is 2.12. The van der Waals surface area contributed by atoms with E-state index in [0.717, 1.165) is 22.4 Å². The Labute approximate surface area is 125 Å². The molecule has 0 fully saturated rings. The van der Waals surface area contributed by atoms with Crippen molar-refractivity contribution >= 4 is 5.91 Å². The lowest BCUT2D eigenvalue weighted by atomic mass is 10.1. The number of hydrogen-bond donors (Lipinski definition) is 1. The molecule has 4 nitrogen and oxygen atoms in total. The lowest BCUT2D eigenvalue weighted by molar-refractivity contribution is 0.0955. The van der Waals surface area contributed by atoms with E-state index in [1.165, 1.54) is 0 Å². The van der Waals surface area contributed by atoms with Crippen molar-refractivity contribution in [1.29, 1.82) is 0 Å². The first-order valence-electron chi connectivity index (χ1n) is 7.08. The Bertz CT molecular complexity index is 657. The monoisotopic (exact) mass is 286 g/mol. The molecule has 21 heavy (non-hydrogen) atoms. The van der Waals surface area contributed by atoms with Gasteiger partial charge in [-0.05, 0) is 50.1 Å². The standard InChI is InChI=1S/C17H22N2O2/c1-11(2)21-15-7-12(3)6-13(8-15)14-9-16(17(20)18-4)19(5)10-14/h6-11H,1-5H3,(H,18,20). The third kappa shape index (κ3) is 3.45. The second kappa shape index (κ2) is 6.04. The van der Waals surface area contributed by atoms with Gasteiger partial charge in [0.25, 0.3) is 5.91 Å². The normalized spacial score (nSPS) is 10.8. The summed E-state index contributed by atoms with van der Waals surface area (Å²) in [5.41, 5.74) is 3.83. The van der Waals surface area contributed by atoms with Gasteiger partial charge in [0.1, 0.15) is 11.4 Å². The van der Waals surface area contributed by atoms with Gasteiger partial charge in [0.2, 0.25) is 0 Å². The third-order valence-corrected chi connectivity index (χ3v) is 3.22. The summed E-state index contributed by atoms with van der Waals surface area (Å²) in [4.78, 5) is 11.8. The molecule has 0 radical (unpaired) electrons. The molecule has 4 heteroatoms. The maximum absolute atomic E-state index is 11.8. The Morgan fingerprint density at radius 1 is 1.19 bits per heavy atom. The van der Waals surface area contributed by atoms with Crippen LogP contribution in [0, 0.1) is 6.92 Å². The summed E-state index contributed by atoms with van der Waals surface area (Å²) in [6.45, 7) is 6.06. The zero-order valence-electron chi connectivity index (χ0n) is 13.2. The number of aryl methyl sites for hydroxylation is 2. The number of rotatable bonds is 4. The SMILES string of the molecule is CNC(=O)c1cc(-c2cc(C)cc(OC(C)C)c2)cn1C. The van der Waals surface area contributed by atoms with Crippen LogP contribution in [-0.2, 0) is 7.05 Å². The highest BCUT2D eigenvalue weighted by molar-refractivity contribution is 5.94. The molecule has 0 aliphatic heterocycles. The zero-order valence-corrected chi connectivity index (χ0v) is 13.2. The van der Waals surface area contributed by atoms with Gasteiger partial charge in [-0.3, -0.25) is 4.79 Å². The molecule has 0 spiro atoms. The number of nitrogens with zero attached hydrogens (tertiary/aromatic N) is 1. The fraction of sp³-hybridized carbons (Fsp3) is 0.353. The van der Waals surface area contributed by atoms with Crippen molar-refractivity contribution in [2.45, 2.75) is 26.9 Å². The van der Waals surface area contributed by atoms with Crippen LogP contribution >= 0.6 is 0 Å². The number of ether oxygens (including phenoxy) is 1. The summed E-state index contributed by atoms with van der Waals surface area (Å²) in [6, 6.07) is 8.02. The predicted molar refractivity (Wildman–Crippen MR) is 84.7 cm³/mol. The number of aromatic nitrogens is 1. The minimum Gasteiger partial charge on any atom is -0.491 e. The van der Waals surface area contributed by atoms with Gasteiger partial charge in [-0.2, -0.15) is 0 Å². The quantitative estimate of drug-likeness (QED) is 0.938. The Kier molecular flexibility index (Phi) is 4.36. The minimum atomic E-state index is -0.0879. The van der Waals surface area contributed by atoms with Crippen molar-refractivity contribution in [2.24, 2.45) is 7.05 Å². The number of benzene rings is 1. The van der Waals surface area contributed by atoms with Crippen LogP contribution in [-0.4, -0.2) is 23.6 Å². The molecule has 112 valence electrons. The molecule has 0 saturated heterocycles. The number of hydrogen-bond acceptors (Lipinski definition) is 2. The Balaban J connectivity index is 2.42. The summed E-state index contributed by atoms with van der Waals surface area (Å²) < 4.78 is 7.61. The summed E-state index contributed by atoms with van der Waals surface area (Å²) in [5, 5.41) is 2.65. The third-order valence-electron chi connectivity index (χ3n) is 3.22. The van der Waals surface area contributed by atoms with Gasteiger partial charge < -0.3 is 14.6 Å². The molecule has 1 amide bonds. The molecule has 0 aliphatic rings. The fourth-order valence-electron chi connectivity index (χ4n) is 2.33. The predicted octanol–water partition coefficient (Wildman–Crippen LogP) is 3.15. The minimum absolute atomic E-state index is 0.0879. The number of carbonyl (C=O) groups excluding carboxylic acids is 1. The molecule has 1 aromatic heterocycles. The Morgan fingerprint density at radius 2 is 1.90 bits per heavy atom. The van der Waals surface area contributed by atoms with Crippen molar-refractivity contribution in [2.75, 3.05) is 7.05 Å². The molecule has 0 bridgehead atoms. The molecule has 2 aromatic rings. The van der Waals surface area contributed by atoms with E-state index in [-0.39, 0.29) is 12.0 Å². The van der Waals surface area contributed by atoms with E-state index in [1.807, 2.05) is 56.8 Å². The number of nitrogens with one attached hydrogen (secondary N) is 1. The molecular formula is C17H22N2O2.